The number of aromatic hydroxyl groups is 1. The highest BCUT2D eigenvalue weighted by Gasteiger charge is 2.17. The van der Waals surface area contributed by atoms with Crippen LogP contribution in [0.3, 0.4) is 0 Å². The topological polar surface area (TPSA) is 77.6 Å². The molecule has 0 amide bonds. The monoisotopic (exact) mass is 481 g/mol. The van der Waals surface area contributed by atoms with Crippen LogP contribution >= 0.6 is 11.3 Å². The maximum Gasteiger partial charge on any atom is 0.206 e. The minimum Gasteiger partial charge on any atom is -0.507 e. The maximum absolute atomic E-state index is 10.6. The second-order valence-electron chi connectivity index (χ2n) is 8.27. The number of phenolic OH excluding ortho intramolecular Hbond substituents is 1. The third-order valence-corrected chi connectivity index (χ3v) is 6.91. The Bertz CT molecular complexity index is 1240. The summed E-state index contributed by atoms with van der Waals surface area (Å²) in [5.41, 5.74) is 3.00. The van der Waals surface area contributed by atoms with Gasteiger partial charge in [0, 0.05) is 22.6 Å². The molecule has 180 valence electrons. The lowest BCUT2D eigenvalue weighted by Gasteiger charge is -2.17. The van der Waals surface area contributed by atoms with Crippen LogP contribution in [0.2, 0.25) is 0 Å². The Morgan fingerprint density at radius 3 is 2.35 bits per heavy atom. The van der Waals surface area contributed by atoms with E-state index in [1.54, 1.807) is 38.7 Å². The van der Waals surface area contributed by atoms with Crippen molar-refractivity contribution in [2.24, 2.45) is 10.1 Å². The Kier molecular flexibility index (Phi) is 7.57. The third kappa shape index (κ3) is 5.12. The molecule has 0 unspecified atom stereocenters. The van der Waals surface area contributed by atoms with Gasteiger partial charge in [0.15, 0.2) is 0 Å². The average Bonchev–Trinajstić information content (AvgIpc) is 3.25. The normalized spacial score (nSPS) is 15.4. The van der Waals surface area contributed by atoms with Crippen molar-refractivity contribution in [3.8, 4) is 34.3 Å². The van der Waals surface area contributed by atoms with E-state index in [9.17, 15) is 5.11 Å². The molecule has 3 aromatic rings. The van der Waals surface area contributed by atoms with Crippen molar-refractivity contribution in [1.82, 2.24) is 4.68 Å². The summed E-state index contributed by atoms with van der Waals surface area (Å²) in [6, 6.07) is 11.2. The molecule has 1 aromatic heterocycles. The van der Waals surface area contributed by atoms with Gasteiger partial charge in [-0.3, -0.25) is 4.99 Å². The minimum atomic E-state index is 0.114. The first-order valence-corrected chi connectivity index (χ1v) is 12.3. The number of phenols is 1. The molecule has 1 heterocycles. The predicted octanol–water partition coefficient (Wildman–Crippen LogP) is 5.45. The van der Waals surface area contributed by atoms with Gasteiger partial charge in [0.2, 0.25) is 4.80 Å². The summed E-state index contributed by atoms with van der Waals surface area (Å²) in [5.74, 6) is 2.15. The van der Waals surface area contributed by atoms with E-state index >= 15 is 0 Å². The zero-order valence-electron chi connectivity index (χ0n) is 20.1. The number of ether oxygens (including phenoxy) is 3. The molecule has 0 spiro atoms. The molecule has 0 bridgehead atoms. The van der Waals surface area contributed by atoms with Gasteiger partial charge in [0.25, 0.3) is 0 Å². The molecule has 2 aromatic carbocycles. The molecule has 8 heteroatoms. The van der Waals surface area contributed by atoms with Crippen molar-refractivity contribution in [2.45, 2.75) is 45.1 Å². The van der Waals surface area contributed by atoms with Gasteiger partial charge >= 0.3 is 0 Å². The zero-order valence-corrected chi connectivity index (χ0v) is 20.9. The number of hydrogen-bond donors (Lipinski definition) is 1. The summed E-state index contributed by atoms with van der Waals surface area (Å²) in [4.78, 5) is 5.90. The smallest absolute Gasteiger partial charge is 0.206 e. The van der Waals surface area contributed by atoms with Gasteiger partial charge in [-0.05, 0) is 50.1 Å². The van der Waals surface area contributed by atoms with Gasteiger partial charge in [-0.15, -0.1) is 11.3 Å². The summed E-state index contributed by atoms with van der Waals surface area (Å²) in [7, 11) is 4.87. The van der Waals surface area contributed by atoms with E-state index in [-0.39, 0.29) is 5.75 Å². The number of rotatable bonds is 7. The summed E-state index contributed by atoms with van der Waals surface area (Å²) >= 11 is 1.56. The van der Waals surface area contributed by atoms with Crippen molar-refractivity contribution in [3.63, 3.8) is 0 Å². The van der Waals surface area contributed by atoms with Gasteiger partial charge in [-0.2, -0.15) is 5.10 Å². The lowest BCUT2D eigenvalue weighted by Crippen LogP contribution is -2.20. The SMILES string of the molecule is COc1ccc(C(C)=Nn2c(-c3cc(OC)ccc3OC)csc2=NC2CCCCC2)c(O)c1. The van der Waals surface area contributed by atoms with E-state index in [1.807, 2.05) is 47.3 Å². The predicted molar refractivity (Wildman–Crippen MR) is 136 cm³/mol. The Morgan fingerprint density at radius 2 is 1.68 bits per heavy atom. The summed E-state index contributed by atoms with van der Waals surface area (Å²) < 4.78 is 18.2. The molecule has 1 saturated carbocycles. The zero-order chi connectivity index (χ0) is 24.1. The first-order valence-electron chi connectivity index (χ1n) is 11.4. The molecule has 7 nitrogen and oxygen atoms in total. The van der Waals surface area contributed by atoms with Crippen LogP contribution in [-0.2, 0) is 0 Å². The minimum absolute atomic E-state index is 0.114. The highest BCUT2D eigenvalue weighted by atomic mass is 32.1. The van der Waals surface area contributed by atoms with E-state index < -0.39 is 0 Å². The number of methoxy groups -OCH3 is 3. The average molecular weight is 482 g/mol. The molecule has 34 heavy (non-hydrogen) atoms. The second kappa shape index (κ2) is 10.8. The lowest BCUT2D eigenvalue weighted by molar-refractivity contribution is 0.404. The molecular formula is C26H31N3O4S. The fourth-order valence-electron chi connectivity index (χ4n) is 4.20. The quantitative estimate of drug-likeness (QED) is 0.455. The first kappa shape index (κ1) is 23.9. The molecule has 1 aliphatic carbocycles. The Morgan fingerprint density at radius 1 is 0.971 bits per heavy atom. The molecule has 0 saturated heterocycles. The third-order valence-electron chi connectivity index (χ3n) is 6.08. The Labute approximate surface area is 204 Å². The van der Waals surface area contributed by atoms with Crippen molar-refractivity contribution < 1.29 is 19.3 Å². The van der Waals surface area contributed by atoms with Crippen LogP contribution in [0.15, 0.2) is 51.9 Å². The summed E-state index contributed by atoms with van der Waals surface area (Å²) in [6.45, 7) is 1.88. The van der Waals surface area contributed by atoms with E-state index in [2.05, 4.69) is 0 Å². The highest BCUT2D eigenvalue weighted by molar-refractivity contribution is 7.07. The van der Waals surface area contributed by atoms with E-state index in [4.69, 9.17) is 24.3 Å². The fourth-order valence-corrected chi connectivity index (χ4v) is 5.09. The molecule has 0 aliphatic heterocycles. The fraction of sp³-hybridized carbons (Fsp3) is 0.385. The summed E-state index contributed by atoms with van der Waals surface area (Å²) in [6.07, 6.45) is 5.88. The standard InChI is InChI=1S/C26H31N3O4S/c1-17(21-12-10-20(32-3)15-24(21)30)28-29-23(22-14-19(31-2)11-13-25(22)33-4)16-34-26(29)27-18-8-6-5-7-9-18/h10-16,18,30H,5-9H2,1-4H3. The van der Waals surface area contributed by atoms with E-state index in [0.29, 0.717) is 23.1 Å². The van der Waals surface area contributed by atoms with Gasteiger partial charge in [0.1, 0.15) is 23.0 Å². The van der Waals surface area contributed by atoms with Gasteiger partial charge in [-0.25, -0.2) is 4.68 Å². The van der Waals surface area contributed by atoms with Gasteiger partial charge in [0.05, 0.1) is 38.8 Å². The van der Waals surface area contributed by atoms with E-state index in [1.165, 1.54) is 19.3 Å². The number of hydrogen-bond acceptors (Lipinski definition) is 7. The summed E-state index contributed by atoms with van der Waals surface area (Å²) in [5, 5.41) is 17.5. The second-order valence-corrected chi connectivity index (χ2v) is 9.11. The Balaban J connectivity index is 1.88. The number of benzene rings is 2. The molecule has 0 atom stereocenters. The molecule has 4 rings (SSSR count). The van der Waals surface area contributed by atoms with Crippen LogP contribution in [-0.4, -0.2) is 42.9 Å². The van der Waals surface area contributed by atoms with Crippen molar-refractivity contribution in [3.05, 3.63) is 52.1 Å². The van der Waals surface area contributed by atoms with Gasteiger partial charge < -0.3 is 19.3 Å². The van der Waals surface area contributed by atoms with Crippen molar-refractivity contribution in [1.29, 1.82) is 0 Å². The highest BCUT2D eigenvalue weighted by Crippen LogP contribution is 2.34. The number of nitrogens with zero attached hydrogens (tertiary/aromatic N) is 3. The number of thiazole rings is 1. The molecule has 0 radical (unpaired) electrons. The van der Waals surface area contributed by atoms with Crippen LogP contribution < -0.4 is 19.0 Å². The maximum atomic E-state index is 10.6. The van der Waals surface area contributed by atoms with Crippen LogP contribution in [0, 0.1) is 0 Å². The van der Waals surface area contributed by atoms with Crippen molar-refractivity contribution >= 4 is 17.0 Å². The van der Waals surface area contributed by atoms with Crippen LogP contribution in [0.4, 0.5) is 0 Å². The molecule has 1 fully saturated rings. The molecule has 1 aliphatic rings. The number of aromatic nitrogens is 1. The Hall–Kier alpha value is -3.26. The lowest BCUT2D eigenvalue weighted by atomic mass is 9.96. The van der Waals surface area contributed by atoms with E-state index in [0.717, 1.165) is 40.4 Å². The molecular weight excluding hydrogens is 450 g/mol. The largest absolute Gasteiger partial charge is 0.507 e. The van der Waals surface area contributed by atoms with Crippen LogP contribution in [0.5, 0.6) is 23.0 Å². The van der Waals surface area contributed by atoms with Crippen molar-refractivity contribution in [2.75, 3.05) is 21.3 Å². The van der Waals surface area contributed by atoms with Gasteiger partial charge in [-0.1, -0.05) is 19.3 Å². The van der Waals surface area contributed by atoms with Crippen LogP contribution in [0.25, 0.3) is 11.3 Å². The van der Waals surface area contributed by atoms with Crippen LogP contribution in [0.1, 0.15) is 44.6 Å². The molecule has 1 N–H and O–H groups in total. The first-order chi connectivity index (χ1) is 16.5.